The molecule has 2 aromatic heterocycles. The van der Waals surface area contributed by atoms with Gasteiger partial charge in [-0.05, 0) is 17.7 Å². The first-order chi connectivity index (χ1) is 11.6. The van der Waals surface area contributed by atoms with E-state index in [1.54, 1.807) is 36.7 Å². The third kappa shape index (κ3) is 2.95. The minimum atomic E-state index is -0.684. The van der Waals surface area contributed by atoms with Gasteiger partial charge in [0.15, 0.2) is 0 Å². The van der Waals surface area contributed by atoms with Crippen molar-refractivity contribution in [1.82, 2.24) is 9.97 Å². The van der Waals surface area contributed by atoms with Crippen LogP contribution in [0.3, 0.4) is 0 Å². The van der Waals surface area contributed by atoms with Crippen LogP contribution < -0.4 is 16.8 Å². The summed E-state index contributed by atoms with van der Waals surface area (Å²) < 4.78 is 0. The maximum Gasteiger partial charge on any atom is 0.316 e. The maximum atomic E-state index is 11.9. The number of nitrogens with zero attached hydrogens (tertiary/aromatic N) is 1. The Kier molecular flexibility index (Phi) is 3.98. The molecule has 24 heavy (non-hydrogen) atoms. The number of nitrogens with one attached hydrogen (secondary N) is 2. The summed E-state index contributed by atoms with van der Waals surface area (Å²) >= 11 is 0. The van der Waals surface area contributed by atoms with Gasteiger partial charge >= 0.3 is 6.03 Å². The van der Waals surface area contributed by atoms with Crippen molar-refractivity contribution in [2.24, 2.45) is 11.5 Å². The third-order valence-corrected chi connectivity index (χ3v) is 3.51. The molecule has 0 fully saturated rings. The van der Waals surface area contributed by atoms with Crippen LogP contribution in [0.25, 0.3) is 22.7 Å². The number of anilines is 1. The molecule has 0 radical (unpaired) electrons. The van der Waals surface area contributed by atoms with Crippen LogP contribution in [-0.2, 0) is 4.79 Å². The van der Waals surface area contributed by atoms with Gasteiger partial charge in [-0.3, -0.25) is 4.79 Å². The number of aromatic amines is 1. The molecule has 7 heteroatoms. The maximum absolute atomic E-state index is 11.9. The molecular formula is C17H15N5O2. The second-order valence-electron chi connectivity index (χ2n) is 5.10. The molecule has 0 aliphatic heterocycles. The van der Waals surface area contributed by atoms with Crippen LogP contribution in [0, 0.1) is 0 Å². The van der Waals surface area contributed by atoms with E-state index in [1.165, 1.54) is 0 Å². The molecule has 0 saturated carbocycles. The molecule has 0 aliphatic rings. The molecule has 120 valence electrons. The molecule has 0 spiro atoms. The number of urea groups is 1. The van der Waals surface area contributed by atoms with Gasteiger partial charge in [-0.25, -0.2) is 9.78 Å². The van der Waals surface area contributed by atoms with Gasteiger partial charge in [0.1, 0.15) is 5.65 Å². The molecular weight excluding hydrogens is 306 g/mol. The first-order valence-corrected chi connectivity index (χ1v) is 7.15. The van der Waals surface area contributed by atoms with Crippen LogP contribution in [0.2, 0.25) is 0 Å². The summed E-state index contributed by atoms with van der Waals surface area (Å²) in [5.74, 6) is -0.552. The summed E-state index contributed by atoms with van der Waals surface area (Å²) in [6, 6.07) is 10.0. The standard InChI is InChI=1S/C17H15N5O2/c18-15(23)12(10-4-2-1-3-5-10)8-11-9-21-16-14(11)13(6-7-20-16)22-17(19)24/h1-9H,(H2,18,23)(H4,19,20,21,22,24). The third-order valence-electron chi connectivity index (χ3n) is 3.51. The predicted octanol–water partition coefficient (Wildman–Crippen LogP) is 2.08. The quantitative estimate of drug-likeness (QED) is 0.549. The predicted molar refractivity (Wildman–Crippen MR) is 92.8 cm³/mol. The number of H-pyrrole nitrogens is 1. The number of carbonyl (C=O) groups is 2. The number of hydrogen-bond acceptors (Lipinski definition) is 3. The van der Waals surface area contributed by atoms with Gasteiger partial charge in [-0.15, -0.1) is 0 Å². The van der Waals surface area contributed by atoms with E-state index in [1.807, 2.05) is 18.2 Å². The van der Waals surface area contributed by atoms with E-state index < -0.39 is 11.9 Å². The average molecular weight is 321 g/mol. The van der Waals surface area contributed by atoms with Crippen LogP contribution in [0.1, 0.15) is 11.1 Å². The summed E-state index contributed by atoms with van der Waals surface area (Å²) in [5, 5.41) is 3.19. The van der Waals surface area contributed by atoms with Gasteiger partial charge in [-0.1, -0.05) is 30.3 Å². The fraction of sp³-hybridized carbons (Fsp3) is 0. The number of pyridine rings is 1. The van der Waals surface area contributed by atoms with Gasteiger partial charge in [0.2, 0.25) is 5.91 Å². The van der Waals surface area contributed by atoms with E-state index in [-0.39, 0.29) is 0 Å². The Bertz CT molecular complexity index is 944. The second-order valence-corrected chi connectivity index (χ2v) is 5.10. The summed E-state index contributed by atoms with van der Waals surface area (Å²) in [7, 11) is 0. The topological polar surface area (TPSA) is 127 Å². The molecule has 2 heterocycles. The molecule has 7 nitrogen and oxygen atoms in total. The van der Waals surface area contributed by atoms with Gasteiger partial charge < -0.3 is 21.8 Å². The summed E-state index contributed by atoms with van der Waals surface area (Å²) in [6.45, 7) is 0. The Morgan fingerprint density at radius 2 is 1.88 bits per heavy atom. The molecule has 0 atom stereocenters. The molecule has 3 amide bonds. The Hall–Kier alpha value is -3.61. The highest BCUT2D eigenvalue weighted by Crippen LogP contribution is 2.28. The normalized spacial score (nSPS) is 11.4. The number of nitrogens with two attached hydrogens (primary N) is 2. The average Bonchev–Trinajstić information content (AvgIpc) is 2.97. The lowest BCUT2D eigenvalue weighted by atomic mass is 10.0. The van der Waals surface area contributed by atoms with Crippen molar-refractivity contribution in [3.05, 3.63) is 59.9 Å². The molecule has 0 aliphatic carbocycles. The van der Waals surface area contributed by atoms with Crippen LogP contribution in [0.15, 0.2) is 48.8 Å². The van der Waals surface area contributed by atoms with E-state index in [4.69, 9.17) is 11.5 Å². The van der Waals surface area contributed by atoms with E-state index >= 15 is 0 Å². The second kappa shape index (κ2) is 6.25. The minimum Gasteiger partial charge on any atom is -0.366 e. The SMILES string of the molecule is NC(=O)Nc1ccnc2[nH]cc(C=C(C(N)=O)c3ccccc3)c12. The number of fused-ring (bicyclic) bond motifs is 1. The monoisotopic (exact) mass is 321 g/mol. The van der Waals surface area contributed by atoms with Crippen molar-refractivity contribution >= 4 is 40.3 Å². The van der Waals surface area contributed by atoms with Crippen LogP contribution >= 0.6 is 0 Å². The van der Waals surface area contributed by atoms with Crippen molar-refractivity contribution in [1.29, 1.82) is 0 Å². The number of rotatable bonds is 4. The Labute approximate surface area is 137 Å². The summed E-state index contributed by atoms with van der Waals surface area (Å²) in [5.41, 5.74) is 13.5. The minimum absolute atomic E-state index is 0.352. The van der Waals surface area contributed by atoms with Crippen LogP contribution in [0.4, 0.5) is 10.5 Å². The summed E-state index contributed by atoms with van der Waals surface area (Å²) in [4.78, 5) is 30.3. The molecule has 0 bridgehead atoms. The van der Waals surface area contributed by atoms with E-state index in [2.05, 4.69) is 15.3 Å². The number of benzene rings is 1. The number of carbonyl (C=O) groups excluding carboxylic acids is 2. The van der Waals surface area contributed by atoms with E-state index in [0.717, 1.165) is 0 Å². The lowest BCUT2D eigenvalue weighted by Crippen LogP contribution is -2.19. The smallest absolute Gasteiger partial charge is 0.316 e. The highest BCUT2D eigenvalue weighted by atomic mass is 16.2. The molecule has 0 saturated heterocycles. The van der Waals surface area contributed by atoms with Crippen LogP contribution in [-0.4, -0.2) is 21.9 Å². The number of aromatic nitrogens is 2. The molecule has 1 aromatic carbocycles. The lowest BCUT2D eigenvalue weighted by Gasteiger charge is -2.06. The number of primary amides is 2. The van der Waals surface area contributed by atoms with Crippen molar-refractivity contribution in [3.8, 4) is 0 Å². The Balaban J connectivity index is 2.18. The molecule has 3 rings (SSSR count). The fourth-order valence-corrected chi connectivity index (χ4v) is 2.50. The van der Waals surface area contributed by atoms with Gasteiger partial charge in [0.25, 0.3) is 0 Å². The Morgan fingerprint density at radius 1 is 1.12 bits per heavy atom. The van der Waals surface area contributed by atoms with Crippen molar-refractivity contribution < 1.29 is 9.59 Å². The van der Waals surface area contributed by atoms with Gasteiger partial charge in [0.05, 0.1) is 5.69 Å². The van der Waals surface area contributed by atoms with Crippen molar-refractivity contribution in [2.75, 3.05) is 5.32 Å². The van der Waals surface area contributed by atoms with Gasteiger partial charge in [-0.2, -0.15) is 0 Å². The highest BCUT2D eigenvalue weighted by molar-refractivity contribution is 6.24. The van der Waals surface area contributed by atoms with Crippen molar-refractivity contribution in [3.63, 3.8) is 0 Å². The number of hydrogen-bond donors (Lipinski definition) is 4. The molecule has 3 aromatic rings. The lowest BCUT2D eigenvalue weighted by molar-refractivity contribution is -0.112. The largest absolute Gasteiger partial charge is 0.366 e. The first kappa shape index (κ1) is 15.3. The van der Waals surface area contributed by atoms with Crippen LogP contribution in [0.5, 0.6) is 0 Å². The number of amides is 3. The zero-order chi connectivity index (χ0) is 17.1. The fourth-order valence-electron chi connectivity index (χ4n) is 2.50. The summed E-state index contributed by atoms with van der Waals surface area (Å²) in [6.07, 6.45) is 4.89. The van der Waals surface area contributed by atoms with Gasteiger partial charge in [0, 0.05) is 28.9 Å². The molecule has 6 N–H and O–H groups in total. The molecule has 0 unspecified atom stereocenters. The zero-order valence-electron chi connectivity index (χ0n) is 12.6. The highest BCUT2D eigenvalue weighted by Gasteiger charge is 2.13. The first-order valence-electron chi connectivity index (χ1n) is 7.15. The zero-order valence-corrected chi connectivity index (χ0v) is 12.6. The van der Waals surface area contributed by atoms with Crippen molar-refractivity contribution in [2.45, 2.75) is 0 Å². The van der Waals surface area contributed by atoms with E-state index in [9.17, 15) is 9.59 Å². The Morgan fingerprint density at radius 3 is 2.54 bits per heavy atom. The van der Waals surface area contributed by atoms with E-state index in [0.29, 0.717) is 33.4 Å².